The molecule has 1 saturated heterocycles. The van der Waals surface area contributed by atoms with Gasteiger partial charge in [0.25, 0.3) is 6.43 Å². The lowest BCUT2D eigenvalue weighted by molar-refractivity contribution is -0.133. The molecule has 1 atom stereocenters. The van der Waals surface area contributed by atoms with Crippen molar-refractivity contribution in [3.8, 4) is 5.75 Å². The van der Waals surface area contributed by atoms with Gasteiger partial charge in [0.2, 0.25) is 5.91 Å². The van der Waals surface area contributed by atoms with E-state index in [0.717, 1.165) is 34.6 Å². The number of ether oxygens (including phenoxy) is 1. The summed E-state index contributed by atoms with van der Waals surface area (Å²) >= 11 is 0. The normalized spacial score (nSPS) is 16.5. The Balaban J connectivity index is 1.42. The van der Waals surface area contributed by atoms with Crippen LogP contribution < -0.4 is 4.74 Å². The van der Waals surface area contributed by atoms with Crippen molar-refractivity contribution in [2.75, 3.05) is 20.2 Å². The zero-order valence-electron chi connectivity index (χ0n) is 18.1. The summed E-state index contributed by atoms with van der Waals surface area (Å²) in [5.41, 5.74) is 1.23. The highest BCUT2D eigenvalue weighted by molar-refractivity contribution is 5.76. The second-order valence-electron chi connectivity index (χ2n) is 8.00. The number of hydrogen-bond donors (Lipinski definition) is 0. The van der Waals surface area contributed by atoms with Crippen molar-refractivity contribution in [3.05, 3.63) is 65.1 Å². The molecule has 170 valence electrons. The van der Waals surface area contributed by atoms with E-state index in [9.17, 15) is 13.6 Å². The van der Waals surface area contributed by atoms with Crippen LogP contribution in [0.25, 0.3) is 0 Å². The first-order valence-corrected chi connectivity index (χ1v) is 10.6. The van der Waals surface area contributed by atoms with E-state index in [0.29, 0.717) is 31.1 Å². The number of halogens is 2. The number of oxazole rings is 1. The second-order valence-corrected chi connectivity index (χ2v) is 8.00. The molecule has 7 nitrogen and oxygen atoms in total. The van der Waals surface area contributed by atoms with Gasteiger partial charge in [-0.3, -0.25) is 9.48 Å². The number of carbonyl (C=O) groups is 1. The van der Waals surface area contributed by atoms with Gasteiger partial charge in [-0.2, -0.15) is 5.10 Å². The molecule has 0 bridgehead atoms. The minimum atomic E-state index is -2.67. The van der Waals surface area contributed by atoms with Crippen molar-refractivity contribution in [3.63, 3.8) is 0 Å². The number of likely N-dealkylation sites (tertiary alicyclic amines) is 1. The van der Waals surface area contributed by atoms with Crippen molar-refractivity contribution in [1.82, 2.24) is 19.7 Å². The molecule has 1 aliphatic rings. The van der Waals surface area contributed by atoms with Gasteiger partial charge in [0.1, 0.15) is 23.7 Å². The van der Waals surface area contributed by atoms with Crippen molar-refractivity contribution >= 4 is 5.91 Å². The van der Waals surface area contributed by atoms with Gasteiger partial charge in [-0.25, -0.2) is 13.8 Å². The third kappa shape index (κ3) is 4.81. The predicted octanol–water partition coefficient (Wildman–Crippen LogP) is 4.12. The van der Waals surface area contributed by atoms with Crippen LogP contribution in [-0.2, 0) is 17.8 Å². The van der Waals surface area contributed by atoms with E-state index in [1.165, 1.54) is 6.07 Å². The summed E-state index contributed by atoms with van der Waals surface area (Å²) in [6.07, 6.45) is 1.24. The highest BCUT2D eigenvalue weighted by Crippen LogP contribution is 2.29. The largest absolute Gasteiger partial charge is 0.496 e. The van der Waals surface area contributed by atoms with Crippen LogP contribution in [0.15, 0.2) is 40.9 Å². The average molecular weight is 444 g/mol. The maximum absolute atomic E-state index is 13.2. The molecule has 1 aromatic carbocycles. The quantitative estimate of drug-likeness (QED) is 0.548. The van der Waals surface area contributed by atoms with E-state index in [1.54, 1.807) is 25.1 Å². The van der Waals surface area contributed by atoms with Crippen molar-refractivity contribution in [2.45, 2.75) is 45.1 Å². The Labute approximate surface area is 185 Å². The fraction of sp³-hybridized carbons (Fsp3) is 0.435. The summed E-state index contributed by atoms with van der Waals surface area (Å²) in [5.74, 6) is 1.84. The summed E-state index contributed by atoms with van der Waals surface area (Å²) < 4.78 is 38.9. The number of benzene rings is 1. The van der Waals surface area contributed by atoms with E-state index in [4.69, 9.17) is 9.15 Å². The highest BCUT2D eigenvalue weighted by Gasteiger charge is 2.29. The molecule has 32 heavy (non-hydrogen) atoms. The van der Waals surface area contributed by atoms with Crippen LogP contribution in [-0.4, -0.2) is 45.8 Å². The third-order valence-corrected chi connectivity index (χ3v) is 5.69. The third-order valence-electron chi connectivity index (χ3n) is 5.69. The smallest absolute Gasteiger partial charge is 0.280 e. The Morgan fingerprint density at radius 3 is 2.94 bits per heavy atom. The molecule has 0 N–H and O–H groups in total. The monoisotopic (exact) mass is 444 g/mol. The number of piperidine rings is 1. The van der Waals surface area contributed by atoms with Gasteiger partial charge in [0.05, 0.1) is 24.9 Å². The minimum absolute atomic E-state index is 0.0342. The van der Waals surface area contributed by atoms with Crippen molar-refractivity contribution in [1.29, 1.82) is 0 Å². The molecule has 9 heteroatoms. The van der Waals surface area contributed by atoms with Gasteiger partial charge in [-0.1, -0.05) is 18.2 Å². The molecule has 4 rings (SSSR count). The highest BCUT2D eigenvalue weighted by atomic mass is 19.3. The number of aromatic nitrogens is 3. The van der Waals surface area contributed by atoms with E-state index < -0.39 is 6.43 Å². The fourth-order valence-electron chi connectivity index (χ4n) is 4.13. The summed E-state index contributed by atoms with van der Waals surface area (Å²) in [5, 5.41) is 4.05. The average Bonchev–Trinajstić information content (AvgIpc) is 3.40. The van der Waals surface area contributed by atoms with Gasteiger partial charge in [0.15, 0.2) is 5.89 Å². The van der Waals surface area contributed by atoms with E-state index >= 15 is 0 Å². The number of hydrogen-bond acceptors (Lipinski definition) is 5. The summed E-state index contributed by atoms with van der Waals surface area (Å²) in [4.78, 5) is 18.9. The molecule has 0 aliphatic carbocycles. The molecule has 1 fully saturated rings. The van der Waals surface area contributed by atoms with Crippen LogP contribution in [0.1, 0.15) is 53.8 Å². The number of rotatable bonds is 7. The van der Waals surface area contributed by atoms with Crippen molar-refractivity contribution < 1.29 is 22.7 Å². The Kier molecular flexibility index (Phi) is 6.53. The van der Waals surface area contributed by atoms with Gasteiger partial charge in [-0.05, 0) is 31.9 Å². The number of amides is 1. The van der Waals surface area contributed by atoms with Crippen molar-refractivity contribution in [2.24, 2.45) is 0 Å². The van der Waals surface area contributed by atoms with Crippen LogP contribution in [0.5, 0.6) is 5.75 Å². The Morgan fingerprint density at radius 1 is 1.34 bits per heavy atom. The first-order chi connectivity index (χ1) is 15.4. The van der Waals surface area contributed by atoms with Gasteiger partial charge < -0.3 is 14.1 Å². The molecule has 0 spiro atoms. The van der Waals surface area contributed by atoms with E-state index in [-0.39, 0.29) is 24.1 Å². The number of para-hydroxylation sites is 1. The predicted molar refractivity (Wildman–Crippen MR) is 113 cm³/mol. The molecule has 0 radical (unpaired) electrons. The lowest BCUT2D eigenvalue weighted by Crippen LogP contribution is -2.41. The lowest BCUT2D eigenvalue weighted by Gasteiger charge is -2.31. The Hall–Kier alpha value is -3.23. The zero-order chi connectivity index (χ0) is 22.7. The maximum atomic E-state index is 13.2. The molecular weight excluding hydrogens is 418 g/mol. The van der Waals surface area contributed by atoms with Gasteiger partial charge >= 0.3 is 0 Å². The van der Waals surface area contributed by atoms with Crippen LogP contribution in [0.2, 0.25) is 0 Å². The molecule has 2 aromatic heterocycles. The van der Waals surface area contributed by atoms with Crippen LogP contribution >= 0.6 is 0 Å². The zero-order valence-corrected chi connectivity index (χ0v) is 18.1. The Morgan fingerprint density at radius 2 is 2.16 bits per heavy atom. The van der Waals surface area contributed by atoms with Gasteiger partial charge in [-0.15, -0.1) is 0 Å². The lowest BCUT2D eigenvalue weighted by atomic mass is 9.98. The standard InChI is InChI=1S/C23H26F2N4O3/c1-15-10-19(22(24)25)29(27-15)14-21(30)28-9-5-7-17(13-28)23-26-12-18(32-23)11-16-6-3-4-8-20(16)31-2/h3-4,6,8,10,12,17,22H,5,7,9,11,13-14H2,1-2H3/t17-/m1/s1. The number of aryl methyl sites for hydroxylation is 1. The van der Waals surface area contributed by atoms with E-state index in [1.807, 2.05) is 24.3 Å². The number of methoxy groups -OCH3 is 1. The number of alkyl halides is 2. The molecule has 3 aromatic rings. The SMILES string of the molecule is COc1ccccc1Cc1cnc([C@@H]2CCCN(C(=O)Cn3nc(C)cc3C(F)F)C2)o1. The Bertz CT molecular complexity index is 1080. The number of nitrogens with zero attached hydrogens (tertiary/aromatic N) is 4. The maximum Gasteiger partial charge on any atom is 0.280 e. The van der Waals surface area contributed by atoms with Crippen LogP contribution in [0.4, 0.5) is 8.78 Å². The summed E-state index contributed by atoms with van der Waals surface area (Å²) in [6, 6.07) is 9.05. The molecule has 1 amide bonds. The minimum Gasteiger partial charge on any atom is -0.496 e. The molecule has 3 heterocycles. The first kappa shape index (κ1) is 22.0. The first-order valence-electron chi connectivity index (χ1n) is 10.6. The van der Waals surface area contributed by atoms with Gasteiger partial charge in [0, 0.05) is 25.1 Å². The molecular formula is C23H26F2N4O3. The number of carbonyl (C=O) groups excluding carboxylic acids is 1. The molecule has 0 saturated carbocycles. The second kappa shape index (κ2) is 9.50. The summed E-state index contributed by atoms with van der Waals surface area (Å²) in [6.45, 7) is 2.45. The topological polar surface area (TPSA) is 73.4 Å². The summed E-state index contributed by atoms with van der Waals surface area (Å²) in [7, 11) is 1.63. The molecule has 0 unspecified atom stereocenters. The van der Waals surface area contributed by atoms with Crippen LogP contribution in [0, 0.1) is 6.92 Å². The molecule has 1 aliphatic heterocycles. The van der Waals surface area contributed by atoms with E-state index in [2.05, 4.69) is 10.1 Å². The fourth-order valence-corrected chi connectivity index (χ4v) is 4.13. The van der Waals surface area contributed by atoms with Crippen LogP contribution in [0.3, 0.4) is 0 Å².